The predicted molar refractivity (Wildman–Crippen MR) is 113 cm³/mol. The minimum Gasteiger partial charge on any atom is -0.488 e. The Kier molecular flexibility index (Phi) is 7.49. The zero-order valence-electron chi connectivity index (χ0n) is 17.1. The number of hydrogen-bond donors (Lipinski definition) is 2. The van der Waals surface area contributed by atoms with Crippen molar-refractivity contribution in [3.05, 3.63) is 47.3 Å². The van der Waals surface area contributed by atoms with E-state index >= 15 is 0 Å². The van der Waals surface area contributed by atoms with Crippen LogP contribution in [0.25, 0.3) is 0 Å². The summed E-state index contributed by atoms with van der Waals surface area (Å²) in [7, 11) is 0. The molecule has 1 aliphatic heterocycles. The molecule has 6 nitrogen and oxygen atoms in total. The van der Waals surface area contributed by atoms with Gasteiger partial charge in [-0.2, -0.15) is 5.10 Å². The van der Waals surface area contributed by atoms with Gasteiger partial charge < -0.3 is 15.4 Å². The molecular weight excluding hydrogens is 376 g/mol. The van der Waals surface area contributed by atoms with Crippen LogP contribution in [0.4, 0.5) is 0 Å². The molecule has 2 heterocycles. The van der Waals surface area contributed by atoms with Crippen LogP contribution in [0.1, 0.15) is 61.3 Å². The van der Waals surface area contributed by atoms with Gasteiger partial charge in [0.1, 0.15) is 17.0 Å². The van der Waals surface area contributed by atoms with Gasteiger partial charge in [-0.25, -0.2) is 0 Å². The number of halogens is 1. The normalized spacial score (nSPS) is 16.9. The van der Waals surface area contributed by atoms with Gasteiger partial charge in [-0.05, 0) is 64.8 Å². The average molecular weight is 407 g/mol. The van der Waals surface area contributed by atoms with Crippen LogP contribution >= 0.6 is 12.4 Å². The van der Waals surface area contributed by atoms with Crippen LogP contribution in [-0.2, 0) is 6.54 Å². The van der Waals surface area contributed by atoms with Crippen molar-refractivity contribution in [3.63, 3.8) is 0 Å². The van der Waals surface area contributed by atoms with Crippen LogP contribution in [0.2, 0.25) is 0 Å². The summed E-state index contributed by atoms with van der Waals surface area (Å²) < 4.78 is 7.96. The van der Waals surface area contributed by atoms with Gasteiger partial charge in [0, 0.05) is 24.8 Å². The maximum Gasteiger partial charge on any atom is 0.272 e. The number of rotatable bonds is 5. The first-order valence-corrected chi connectivity index (χ1v) is 9.64. The molecule has 0 bridgehead atoms. The maximum absolute atomic E-state index is 12.5. The number of carbonyl (C=O) groups is 1. The van der Waals surface area contributed by atoms with E-state index in [0.717, 1.165) is 42.8 Å². The Morgan fingerprint density at radius 3 is 2.82 bits per heavy atom. The van der Waals surface area contributed by atoms with Gasteiger partial charge in [0.25, 0.3) is 5.91 Å². The standard InChI is InChI=1S/C21H30N4O2.ClH/c1-15-7-8-16(19(12-15)27-21(2,3)4)13-23-20(26)18-9-11-25(24-18)17-6-5-10-22-14-17;/h7-9,11-12,17,22H,5-6,10,13-14H2,1-4H3,(H,23,26);1H. The molecule has 1 aliphatic rings. The third-order valence-corrected chi connectivity index (χ3v) is 4.56. The van der Waals surface area contributed by atoms with E-state index in [1.807, 2.05) is 56.8 Å². The molecule has 7 heteroatoms. The summed E-state index contributed by atoms with van der Waals surface area (Å²) in [6, 6.07) is 8.15. The van der Waals surface area contributed by atoms with Gasteiger partial charge in [0.15, 0.2) is 0 Å². The molecule has 1 aromatic carbocycles. The minimum atomic E-state index is -0.292. The molecule has 0 radical (unpaired) electrons. The summed E-state index contributed by atoms with van der Waals surface area (Å²) in [6.45, 7) is 10.5. The molecular formula is C21H31ClN4O2. The van der Waals surface area contributed by atoms with Crippen molar-refractivity contribution in [2.24, 2.45) is 0 Å². The minimum absolute atomic E-state index is 0. The van der Waals surface area contributed by atoms with Crippen LogP contribution in [0.5, 0.6) is 5.75 Å². The monoisotopic (exact) mass is 406 g/mol. The van der Waals surface area contributed by atoms with Crippen molar-refractivity contribution < 1.29 is 9.53 Å². The maximum atomic E-state index is 12.5. The van der Waals surface area contributed by atoms with Crippen LogP contribution in [0.3, 0.4) is 0 Å². The number of piperidine rings is 1. The number of hydrogen-bond acceptors (Lipinski definition) is 4. The highest BCUT2D eigenvalue weighted by molar-refractivity contribution is 5.92. The first kappa shape index (κ1) is 22.2. The Labute approximate surface area is 173 Å². The van der Waals surface area contributed by atoms with E-state index in [-0.39, 0.29) is 23.9 Å². The lowest BCUT2D eigenvalue weighted by Gasteiger charge is -2.24. The van der Waals surface area contributed by atoms with Crippen molar-refractivity contribution in [1.82, 2.24) is 20.4 Å². The molecule has 2 aromatic rings. The van der Waals surface area contributed by atoms with Crippen molar-refractivity contribution in [2.45, 2.75) is 58.7 Å². The Balaban J connectivity index is 0.00000280. The molecule has 2 N–H and O–H groups in total. The summed E-state index contributed by atoms with van der Waals surface area (Å²) in [5.41, 5.74) is 2.24. The summed E-state index contributed by atoms with van der Waals surface area (Å²) >= 11 is 0. The average Bonchev–Trinajstić information content (AvgIpc) is 3.10. The van der Waals surface area contributed by atoms with Gasteiger partial charge in [0.05, 0.1) is 6.04 Å². The van der Waals surface area contributed by atoms with E-state index in [4.69, 9.17) is 4.74 Å². The van der Waals surface area contributed by atoms with Gasteiger partial charge in [-0.1, -0.05) is 12.1 Å². The number of nitrogens with one attached hydrogen (secondary N) is 2. The lowest BCUT2D eigenvalue weighted by Crippen LogP contribution is -2.32. The summed E-state index contributed by atoms with van der Waals surface area (Å²) in [5, 5.41) is 10.8. The Hall–Kier alpha value is -2.05. The Morgan fingerprint density at radius 2 is 2.14 bits per heavy atom. The Bertz CT molecular complexity index is 792. The van der Waals surface area contributed by atoms with E-state index in [9.17, 15) is 4.79 Å². The number of aryl methyl sites for hydroxylation is 1. The summed E-state index contributed by atoms with van der Waals surface area (Å²) in [6.07, 6.45) is 4.12. The molecule has 3 rings (SSSR count). The summed E-state index contributed by atoms with van der Waals surface area (Å²) in [5.74, 6) is 0.640. The van der Waals surface area contributed by atoms with Crippen molar-refractivity contribution in [2.75, 3.05) is 13.1 Å². The zero-order chi connectivity index (χ0) is 19.4. The van der Waals surface area contributed by atoms with Crippen molar-refractivity contribution in [3.8, 4) is 5.75 Å². The van der Waals surface area contributed by atoms with Crippen molar-refractivity contribution in [1.29, 1.82) is 0 Å². The molecule has 0 aliphatic carbocycles. The molecule has 1 fully saturated rings. The van der Waals surface area contributed by atoms with Crippen LogP contribution < -0.4 is 15.4 Å². The number of nitrogens with zero attached hydrogens (tertiary/aromatic N) is 2. The SMILES string of the molecule is Cc1ccc(CNC(=O)c2ccn(C3CCCNC3)n2)c(OC(C)(C)C)c1.Cl. The van der Waals surface area contributed by atoms with E-state index < -0.39 is 0 Å². The first-order chi connectivity index (χ1) is 12.8. The van der Waals surface area contributed by atoms with Gasteiger partial charge >= 0.3 is 0 Å². The molecule has 154 valence electrons. The third kappa shape index (κ3) is 5.97. The predicted octanol–water partition coefficient (Wildman–Crippen LogP) is 3.65. The van der Waals surface area contributed by atoms with Gasteiger partial charge in [0.2, 0.25) is 0 Å². The number of ether oxygens (including phenoxy) is 1. The van der Waals surface area contributed by atoms with E-state index in [1.54, 1.807) is 6.07 Å². The third-order valence-electron chi connectivity index (χ3n) is 4.56. The lowest BCUT2D eigenvalue weighted by atomic mass is 10.1. The highest BCUT2D eigenvalue weighted by atomic mass is 35.5. The van der Waals surface area contributed by atoms with Gasteiger partial charge in [-0.3, -0.25) is 9.48 Å². The first-order valence-electron chi connectivity index (χ1n) is 9.64. The number of benzene rings is 1. The molecule has 1 amide bonds. The molecule has 28 heavy (non-hydrogen) atoms. The fourth-order valence-corrected chi connectivity index (χ4v) is 3.22. The smallest absolute Gasteiger partial charge is 0.272 e. The molecule has 0 spiro atoms. The number of carbonyl (C=O) groups excluding carboxylic acids is 1. The molecule has 1 unspecified atom stereocenters. The molecule has 1 aromatic heterocycles. The zero-order valence-corrected chi connectivity index (χ0v) is 17.9. The van der Waals surface area contributed by atoms with E-state index in [2.05, 4.69) is 15.7 Å². The topological polar surface area (TPSA) is 68.2 Å². The lowest BCUT2D eigenvalue weighted by molar-refractivity contribution is 0.0943. The van der Waals surface area contributed by atoms with E-state index in [0.29, 0.717) is 18.3 Å². The highest BCUT2D eigenvalue weighted by Gasteiger charge is 2.19. The Morgan fingerprint density at radius 1 is 1.36 bits per heavy atom. The van der Waals surface area contributed by atoms with Crippen LogP contribution in [0, 0.1) is 6.92 Å². The fourth-order valence-electron chi connectivity index (χ4n) is 3.22. The number of amides is 1. The molecule has 0 saturated carbocycles. The van der Waals surface area contributed by atoms with Crippen LogP contribution in [-0.4, -0.2) is 34.4 Å². The van der Waals surface area contributed by atoms with Gasteiger partial charge in [-0.15, -0.1) is 12.4 Å². The fraction of sp³-hybridized carbons (Fsp3) is 0.524. The second-order valence-corrected chi connectivity index (χ2v) is 8.19. The quantitative estimate of drug-likeness (QED) is 0.795. The van der Waals surface area contributed by atoms with Crippen LogP contribution in [0.15, 0.2) is 30.5 Å². The molecule has 1 saturated heterocycles. The highest BCUT2D eigenvalue weighted by Crippen LogP contribution is 2.25. The molecule has 1 atom stereocenters. The second-order valence-electron chi connectivity index (χ2n) is 8.19. The van der Waals surface area contributed by atoms with E-state index in [1.165, 1.54) is 0 Å². The van der Waals surface area contributed by atoms with Crippen molar-refractivity contribution >= 4 is 18.3 Å². The summed E-state index contributed by atoms with van der Waals surface area (Å²) in [4.78, 5) is 12.5. The largest absolute Gasteiger partial charge is 0.488 e. The number of aromatic nitrogens is 2. The second kappa shape index (κ2) is 9.43.